The molecule has 1 unspecified atom stereocenters. The Balaban J connectivity index is 1.15. The lowest BCUT2D eigenvalue weighted by Crippen LogP contribution is -2.52. The zero-order valence-corrected chi connectivity index (χ0v) is 29.0. The van der Waals surface area contributed by atoms with Gasteiger partial charge in [0.15, 0.2) is 0 Å². The van der Waals surface area contributed by atoms with Gasteiger partial charge in [0.25, 0.3) is 5.88 Å². The number of methoxy groups -OCH3 is 1. The maximum atomic E-state index is 9.65. The average Bonchev–Trinajstić information content (AvgIpc) is 3.64. The normalized spacial score (nSPS) is 23.0. The molecule has 4 heterocycles. The second-order valence-electron chi connectivity index (χ2n) is 13.4. The molecule has 2 aromatic heterocycles. The zero-order valence-electron chi connectivity index (χ0n) is 29.0. The predicted molar refractivity (Wildman–Crippen MR) is 186 cm³/mol. The molecule has 2 saturated heterocycles. The lowest BCUT2D eigenvalue weighted by molar-refractivity contribution is -0.0458. The molecular formula is C35H47N11O4. The van der Waals surface area contributed by atoms with Gasteiger partial charge in [0.2, 0.25) is 5.95 Å². The number of benzene rings is 1. The van der Waals surface area contributed by atoms with Crippen LogP contribution in [0.1, 0.15) is 70.4 Å². The molecule has 3 N–H and O–H groups in total. The molecule has 15 heteroatoms. The Hall–Kier alpha value is -4.65. The average molecular weight is 686 g/mol. The van der Waals surface area contributed by atoms with Crippen molar-refractivity contribution in [2.75, 3.05) is 38.8 Å². The molecule has 50 heavy (non-hydrogen) atoms. The number of hydrogen-bond acceptors (Lipinski definition) is 13. The van der Waals surface area contributed by atoms with Crippen molar-refractivity contribution in [1.82, 2.24) is 29.7 Å². The number of nitrogens with zero attached hydrogens (tertiary/aromatic N) is 8. The summed E-state index contributed by atoms with van der Waals surface area (Å²) in [6.45, 7) is 6.32. The number of anilines is 2. The summed E-state index contributed by atoms with van der Waals surface area (Å²) in [4.78, 5) is 12.0. The Bertz CT molecular complexity index is 1610. The number of nitrogens with one attached hydrogen (secondary N) is 3. The van der Waals surface area contributed by atoms with E-state index in [-0.39, 0.29) is 18.7 Å². The fourth-order valence-electron chi connectivity index (χ4n) is 7.34. The van der Waals surface area contributed by atoms with Crippen LogP contribution in [0, 0.1) is 22.3 Å². The largest absolute Gasteiger partial charge is 0.487 e. The van der Waals surface area contributed by atoms with Gasteiger partial charge < -0.3 is 24.3 Å². The number of rotatable bonds is 16. The first kappa shape index (κ1) is 35.2. The first-order valence-electron chi connectivity index (χ1n) is 17.4. The maximum absolute atomic E-state index is 9.65. The molecule has 6 rings (SSSR count). The topological polar surface area (TPSA) is 183 Å². The molecule has 266 valence electrons. The van der Waals surface area contributed by atoms with Crippen molar-refractivity contribution in [2.24, 2.45) is 5.22 Å². The second kappa shape index (κ2) is 16.4. The minimum Gasteiger partial charge on any atom is -0.487 e. The summed E-state index contributed by atoms with van der Waals surface area (Å²) in [6.07, 6.45) is 13.5. The lowest BCUT2D eigenvalue weighted by Gasteiger charge is -2.43. The van der Waals surface area contributed by atoms with Gasteiger partial charge >= 0.3 is 0 Å². The molecule has 2 bridgehead atoms. The van der Waals surface area contributed by atoms with E-state index in [1.165, 1.54) is 12.8 Å². The van der Waals surface area contributed by atoms with E-state index >= 15 is 0 Å². The van der Waals surface area contributed by atoms with Gasteiger partial charge in [-0.1, -0.05) is 11.3 Å². The van der Waals surface area contributed by atoms with Gasteiger partial charge in [-0.2, -0.15) is 10.8 Å². The van der Waals surface area contributed by atoms with Crippen LogP contribution in [0.5, 0.6) is 11.6 Å². The first-order valence-corrected chi connectivity index (χ1v) is 17.4. The van der Waals surface area contributed by atoms with Gasteiger partial charge in [-0.3, -0.25) is 15.0 Å². The third kappa shape index (κ3) is 8.20. The van der Waals surface area contributed by atoms with E-state index in [2.05, 4.69) is 36.2 Å². The van der Waals surface area contributed by atoms with E-state index in [1.807, 2.05) is 19.2 Å². The predicted octanol–water partition coefficient (Wildman–Crippen LogP) is 5.73. The molecule has 4 atom stereocenters. The third-order valence-corrected chi connectivity index (χ3v) is 9.88. The van der Waals surface area contributed by atoms with E-state index in [4.69, 9.17) is 35.0 Å². The molecular weight excluding hydrogens is 638 g/mol. The van der Waals surface area contributed by atoms with Gasteiger partial charge in [0, 0.05) is 56.2 Å². The van der Waals surface area contributed by atoms with Crippen molar-refractivity contribution in [1.29, 1.82) is 16.2 Å². The van der Waals surface area contributed by atoms with Crippen molar-refractivity contribution in [2.45, 2.75) is 95.2 Å². The Morgan fingerprint density at radius 3 is 2.40 bits per heavy atom. The van der Waals surface area contributed by atoms with E-state index < -0.39 is 6.10 Å². The van der Waals surface area contributed by atoms with Gasteiger partial charge in [-0.25, -0.2) is 15.0 Å². The van der Waals surface area contributed by atoms with Crippen LogP contribution in [-0.4, -0.2) is 99.8 Å². The molecule has 1 saturated carbocycles. The quantitative estimate of drug-likeness (QED) is 0.0725. The Labute approximate surface area is 292 Å². The SMILES string of the molecule is COCCC(C)Oc1nn(C2CCC(N3[C@@H]4CC[C@H]3COC4)CC2)cc1Nc1ncc(-c2ccc(C#N)c(O[C@@H](C)CN(C=N)N=N)c2)cn1. The zero-order chi connectivity index (χ0) is 35.0. The molecule has 0 radical (unpaired) electrons. The monoisotopic (exact) mass is 685 g/mol. The summed E-state index contributed by atoms with van der Waals surface area (Å²) >= 11 is 0. The van der Waals surface area contributed by atoms with Crippen LogP contribution >= 0.6 is 0 Å². The van der Waals surface area contributed by atoms with E-state index in [1.54, 1.807) is 38.6 Å². The van der Waals surface area contributed by atoms with Gasteiger partial charge in [-0.15, -0.1) is 5.10 Å². The van der Waals surface area contributed by atoms with Crippen LogP contribution in [0.4, 0.5) is 11.6 Å². The molecule has 3 aliphatic rings. The van der Waals surface area contributed by atoms with Gasteiger partial charge in [0.05, 0.1) is 43.7 Å². The van der Waals surface area contributed by atoms with Crippen molar-refractivity contribution in [3.63, 3.8) is 0 Å². The molecule has 15 nitrogen and oxygen atoms in total. The van der Waals surface area contributed by atoms with Crippen molar-refractivity contribution >= 4 is 18.0 Å². The van der Waals surface area contributed by atoms with E-state index in [9.17, 15) is 5.26 Å². The molecule has 2 aliphatic heterocycles. The first-order chi connectivity index (χ1) is 24.4. The van der Waals surface area contributed by atoms with Crippen molar-refractivity contribution in [3.05, 3.63) is 42.4 Å². The van der Waals surface area contributed by atoms with Gasteiger partial charge in [-0.05, 0) is 70.1 Å². The van der Waals surface area contributed by atoms with Crippen molar-refractivity contribution < 1.29 is 18.9 Å². The highest BCUT2D eigenvalue weighted by molar-refractivity contribution is 5.67. The number of ether oxygens (including phenoxy) is 4. The van der Waals surface area contributed by atoms with Crippen LogP contribution in [0.2, 0.25) is 0 Å². The smallest absolute Gasteiger partial charge is 0.257 e. The molecule has 0 amide bonds. The minimum absolute atomic E-state index is 0.0975. The van der Waals surface area contributed by atoms with Crippen molar-refractivity contribution in [3.8, 4) is 28.8 Å². The highest BCUT2D eigenvalue weighted by Gasteiger charge is 2.42. The maximum Gasteiger partial charge on any atom is 0.257 e. The number of nitriles is 1. The molecule has 3 fully saturated rings. The number of hydrogen-bond donors (Lipinski definition) is 3. The highest BCUT2D eigenvalue weighted by Crippen LogP contribution is 2.39. The van der Waals surface area contributed by atoms with E-state index in [0.29, 0.717) is 53.6 Å². The van der Waals surface area contributed by atoms with Crippen LogP contribution in [-0.2, 0) is 9.47 Å². The molecule has 0 spiro atoms. The fraction of sp³-hybridized carbons (Fsp3) is 0.571. The number of fused-ring (bicyclic) bond motifs is 2. The Kier molecular flexibility index (Phi) is 11.5. The van der Waals surface area contributed by atoms with Crippen LogP contribution in [0.3, 0.4) is 0 Å². The molecule has 3 aromatic rings. The number of aromatic nitrogens is 4. The van der Waals surface area contributed by atoms with Crippen LogP contribution in [0.15, 0.2) is 42.0 Å². The van der Waals surface area contributed by atoms with Gasteiger partial charge in [0.1, 0.15) is 29.9 Å². The highest BCUT2D eigenvalue weighted by atomic mass is 16.5. The Morgan fingerprint density at radius 1 is 1.04 bits per heavy atom. The minimum atomic E-state index is -0.430. The molecule has 1 aromatic carbocycles. The van der Waals surface area contributed by atoms with Crippen LogP contribution < -0.4 is 14.8 Å². The summed E-state index contributed by atoms with van der Waals surface area (Å²) < 4.78 is 25.5. The summed E-state index contributed by atoms with van der Waals surface area (Å²) in [5.74, 6) is 1.30. The Morgan fingerprint density at radius 2 is 1.74 bits per heavy atom. The third-order valence-electron chi connectivity index (χ3n) is 9.88. The lowest BCUT2D eigenvalue weighted by atomic mass is 9.89. The summed E-state index contributed by atoms with van der Waals surface area (Å²) in [7, 11) is 1.69. The summed E-state index contributed by atoms with van der Waals surface area (Å²) in [5, 5.41) is 29.7. The second-order valence-corrected chi connectivity index (χ2v) is 13.4. The molecule has 1 aliphatic carbocycles. The van der Waals surface area contributed by atoms with E-state index in [0.717, 1.165) is 67.8 Å². The van der Waals surface area contributed by atoms with Crippen LogP contribution in [0.25, 0.3) is 11.1 Å². The number of morpholine rings is 1. The standard InChI is InChI=1S/C35H47N11O4/c1-23(12-13-47-3)50-34-32(19-45(42-34)28-6-8-29(9-7-28)46-30-10-11-31(46)21-48-20-30)41-35-39-16-27(17-40-35)25-4-5-26(15-36)33(14-25)49-24(2)18-44(22-37)43-38/h4-5,14,16-17,19,22-24,28-31,37-38H,6-13,18,20-21H2,1-3H3,(H,39,40,41)/t23?,24-,28?,29?,30-,31+/m0/s1. The fourth-order valence-corrected chi connectivity index (χ4v) is 7.34. The summed E-state index contributed by atoms with van der Waals surface area (Å²) in [5.41, 5.74) is 9.75. The summed E-state index contributed by atoms with van der Waals surface area (Å²) in [6, 6.07) is 9.48.